The molecule has 1 saturated heterocycles. The topological polar surface area (TPSA) is 41.6 Å². The summed E-state index contributed by atoms with van der Waals surface area (Å²) in [5.41, 5.74) is 0.987. The van der Waals surface area contributed by atoms with Crippen molar-refractivity contribution in [3.63, 3.8) is 0 Å². The number of nitrogens with one attached hydrogen (secondary N) is 1. The highest BCUT2D eigenvalue weighted by Crippen LogP contribution is 2.53. The van der Waals surface area contributed by atoms with Crippen molar-refractivity contribution >= 4 is 11.7 Å². The van der Waals surface area contributed by atoms with Crippen LogP contribution in [-0.2, 0) is 5.54 Å². The Hall–Kier alpha value is -2.70. The number of hydrogen-bond acceptors (Lipinski definition) is 2. The number of fused-ring (bicyclic) bond motifs is 1. The van der Waals surface area contributed by atoms with Crippen molar-refractivity contribution in [1.29, 1.82) is 0 Å². The van der Waals surface area contributed by atoms with Crippen LogP contribution in [-0.4, -0.2) is 24.1 Å². The average molecular weight is 390 g/mol. The molecule has 148 valence electrons. The number of nitrogens with zero attached hydrogens (tertiary/aromatic N) is 1. The lowest BCUT2D eigenvalue weighted by atomic mass is 9.62. The Bertz CT molecular complexity index is 862. The molecular weight excluding hydrogens is 369 g/mol. The first kappa shape index (κ1) is 18.7. The molecular formula is C21H21F3N2O2. The summed E-state index contributed by atoms with van der Waals surface area (Å²) in [4.78, 5) is 14.8. The van der Waals surface area contributed by atoms with Gasteiger partial charge >= 0.3 is 12.6 Å². The number of benzene rings is 2. The number of rotatable bonds is 4. The number of anilines is 1. The highest BCUT2D eigenvalue weighted by Gasteiger charge is 2.57. The van der Waals surface area contributed by atoms with E-state index in [0.717, 1.165) is 43.4 Å². The molecule has 28 heavy (non-hydrogen) atoms. The standard InChI is InChI=1S/C21H21F3N2O2/c22-17-12-16(9-10-18(17)28-19(23)24)25-20(27)26-13-15-8-4-5-11-21(15,26)14-6-2-1-3-7-14/h1-3,6-7,9-10,12,15,19H,4-5,8,11,13H2,(H,25,27)/t15-,21-/m1/s1. The normalized spacial score (nSPS) is 23.7. The van der Waals surface area contributed by atoms with Crippen molar-refractivity contribution in [2.45, 2.75) is 37.8 Å². The highest BCUT2D eigenvalue weighted by molar-refractivity contribution is 5.91. The van der Waals surface area contributed by atoms with Gasteiger partial charge in [0, 0.05) is 24.2 Å². The van der Waals surface area contributed by atoms with Crippen molar-refractivity contribution < 1.29 is 22.7 Å². The first-order valence-corrected chi connectivity index (χ1v) is 9.39. The van der Waals surface area contributed by atoms with Gasteiger partial charge in [0.05, 0.1) is 5.54 Å². The van der Waals surface area contributed by atoms with E-state index in [1.165, 1.54) is 6.07 Å². The Morgan fingerprint density at radius 3 is 2.64 bits per heavy atom. The van der Waals surface area contributed by atoms with Crippen LogP contribution in [0.1, 0.15) is 31.2 Å². The van der Waals surface area contributed by atoms with E-state index in [9.17, 15) is 18.0 Å². The number of alkyl halides is 2. The number of amides is 2. The number of halogens is 3. The molecule has 2 fully saturated rings. The summed E-state index contributed by atoms with van der Waals surface area (Å²) < 4.78 is 42.6. The van der Waals surface area contributed by atoms with Gasteiger partial charge in [-0.05, 0) is 30.5 Å². The Kier molecular flexibility index (Phi) is 4.91. The van der Waals surface area contributed by atoms with Crippen molar-refractivity contribution in [2.24, 2.45) is 5.92 Å². The molecule has 0 spiro atoms. The van der Waals surface area contributed by atoms with E-state index in [2.05, 4.69) is 10.1 Å². The molecule has 0 bridgehead atoms. The van der Waals surface area contributed by atoms with Gasteiger partial charge in [-0.3, -0.25) is 0 Å². The second-order valence-corrected chi connectivity index (χ2v) is 7.30. The molecule has 1 saturated carbocycles. The maximum atomic E-state index is 13.9. The average Bonchev–Trinajstić information content (AvgIpc) is 2.65. The van der Waals surface area contributed by atoms with Crippen LogP contribution < -0.4 is 10.1 Å². The zero-order valence-electron chi connectivity index (χ0n) is 15.2. The van der Waals surface area contributed by atoms with E-state index >= 15 is 0 Å². The second kappa shape index (κ2) is 7.37. The van der Waals surface area contributed by atoms with E-state index in [4.69, 9.17) is 0 Å². The Balaban J connectivity index is 1.54. The third kappa shape index (κ3) is 3.19. The molecule has 7 heteroatoms. The highest BCUT2D eigenvalue weighted by atomic mass is 19.3. The molecule has 2 aromatic rings. The minimum Gasteiger partial charge on any atom is -0.432 e. The van der Waals surface area contributed by atoms with Gasteiger partial charge in [-0.2, -0.15) is 8.78 Å². The molecule has 0 unspecified atom stereocenters. The van der Waals surface area contributed by atoms with E-state index in [-0.39, 0.29) is 17.3 Å². The maximum absolute atomic E-state index is 13.9. The fourth-order valence-electron chi connectivity index (χ4n) is 4.58. The summed E-state index contributed by atoms with van der Waals surface area (Å²) in [6.07, 6.45) is 4.17. The second-order valence-electron chi connectivity index (χ2n) is 7.30. The molecule has 0 radical (unpaired) electrons. The van der Waals surface area contributed by atoms with Crippen LogP contribution in [0.15, 0.2) is 48.5 Å². The number of ether oxygens (including phenoxy) is 1. The quantitative estimate of drug-likeness (QED) is 0.764. The zero-order chi connectivity index (χ0) is 19.7. The van der Waals surface area contributed by atoms with Gasteiger partial charge in [0.1, 0.15) is 0 Å². The zero-order valence-corrected chi connectivity index (χ0v) is 15.2. The van der Waals surface area contributed by atoms with Gasteiger partial charge in [-0.15, -0.1) is 0 Å². The number of carbonyl (C=O) groups excluding carboxylic acids is 1. The first-order valence-electron chi connectivity index (χ1n) is 9.39. The van der Waals surface area contributed by atoms with Gasteiger partial charge in [0.2, 0.25) is 0 Å². The van der Waals surface area contributed by atoms with E-state index < -0.39 is 18.2 Å². The number of carbonyl (C=O) groups is 1. The van der Waals surface area contributed by atoms with Crippen molar-refractivity contribution in [3.8, 4) is 5.75 Å². The summed E-state index contributed by atoms with van der Waals surface area (Å²) in [6, 6.07) is 13.1. The lowest BCUT2D eigenvalue weighted by molar-refractivity contribution is -0.0756. The molecule has 1 N–H and O–H groups in total. The lowest BCUT2D eigenvalue weighted by Crippen LogP contribution is -2.68. The Morgan fingerprint density at radius 2 is 1.96 bits per heavy atom. The minimum absolute atomic E-state index is 0.201. The Labute approximate surface area is 161 Å². The van der Waals surface area contributed by atoms with Gasteiger partial charge in [0.25, 0.3) is 0 Å². The third-order valence-electron chi connectivity index (χ3n) is 5.84. The van der Waals surface area contributed by atoms with Crippen molar-refractivity contribution in [3.05, 3.63) is 59.9 Å². The molecule has 2 atom stereocenters. The summed E-state index contributed by atoms with van der Waals surface area (Å²) in [7, 11) is 0. The maximum Gasteiger partial charge on any atom is 0.387 e. The van der Waals surface area contributed by atoms with Gasteiger partial charge in [-0.1, -0.05) is 43.2 Å². The number of urea groups is 1. The van der Waals surface area contributed by atoms with Crippen LogP contribution in [0.5, 0.6) is 5.75 Å². The summed E-state index contributed by atoms with van der Waals surface area (Å²) in [5.74, 6) is -1.09. The number of likely N-dealkylation sites (tertiary alicyclic amines) is 1. The summed E-state index contributed by atoms with van der Waals surface area (Å²) >= 11 is 0. The molecule has 2 aliphatic rings. The van der Waals surface area contributed by atoms with Crippen LogP contribution in [0.25, 0.3) is 0 Å². The molecule has 1 heterocycles. The van der Waals surface area contributed by atoms with E-state index in [0.29, 0.717) is 12.5 Å². The molecule has 2 amide bonds. The minimum atomic E-state index is -3.11. The van der Waals surface area contributed by atoms with Gasteiger partial charge < -0.3 is 15.0 Å². The molecule has 4 nitrogen and oxygen atoms in total. The van der Waals surface area contributed by atoms with Crippen LogP contribution in [0.2, 0.25) is 0 Å². The lowest BCUT2D eigenvalue weighted by Gasteiger charge is -2.61. The first-order chi connectivity index (χ1) is 13.5. The molecule has 1 aliphatic carbocycles. The van der Waals surface area contributed by atoms with Crippen LogP contribution in [0, 0.1) is 11.7 Å². The molecule has 2 aromatic carbocycles. The van der Waals surface area contributed by atoms with E-state index in [1.807, 2.05) is 35.2 Å². The summed E-state index contributed by atoms with van der Waals surface area (Å²) in [6.45, 7) is -2.46. The largest absolute Gasteiger partial charge is 0.432 e. The van der Waals surface area contributed by atoms with Crippen LogP contribution >= 0.6 is 0 Å². The monoisotopic (exact) mass is 390 g/mol. The fraction of sp³-hybridized carbons (Fsp3) is 0.381. The van der Waals surface area contributed by atoms with Gasteiger partial charge in [0.15, 0.2) is 11.6 Å². The predicted molar refractivity (Wildman–Crippen MR) is 98.8 cm³/mol. The van der Waals surface area contributed by atoms with Crippen LogP contribution in [0.4, 0.5) is 23.7 Å². The van der Waals surface area contributed by atoms with E-state index in [1.54, 1.807) is 0 Å². The number of hydrogen-bond donors (Lipinski definition) is 1. The molecule has 1 aliphatic heterocycles. The Morgan fingerprint density at radius 1 is 1.18 bits per heavy atom. The predicted octanol–water partition coefficient (Wildman–Crippen LogP) is 5.36. The molecule has 0 aromatic heterocycles. The molecule has 4 rings (SSSR count). The van der Waals surface area contributed by atoms with Crippen molar-refractivity contribution in [1.82, 2.24) is 4.90 Å². The van der Waals surface area contributed by atoms with Crippen molar-refractivity contribution in [2.75, 3.05) is 11.9 Å². The van der Waals surface area contributed by atoms with Gasteiger partial charge in [-0.25, -0.2) is 9.18 Å². The fourth-order valence-corrected chi connectivity index (χ4v) is 4.58. The van der Waals surface area contributed by atoms with Crippen LogP contribution in [0.3, 0.4) is 0 Å². The third-order valence-corrected chi connectivity index (χ3v) is 5.84. The summed E-state index contributed by atoms with van der Waals surface area (Å²) in [5, 5.41) is 2.70. The smallest absolute Gasteiger partial charge is 0.387 e. The SMILES string of the molecule is O=C(Nc1ccc(OC(F)F)c(F)c1)N1C[C@H]2CCCC[C@@]21c1ccccc1.